The van der Waals surface area contributed by atoms with E-state index in [0.29, 0.717) is 22.4 Å². The lowest BCUT2D eigenvalue weighted by Gasteiger charge is -2.08. The normalized spacial score (nSPS) is 10.3. The van der Waals surface area contributed by atoms with Crippen molar-refractivity contribution in [3.63, 3.8) is 0 Å². The summed E-state index contributed by atoms with van der Waals surface area (Å²) in [5, 5.41) is 5.25. The predicted molar refractivity (Wildman–Crippen MR) is 106 cm³/mol. The average Bonchev–Trinajstić information content (AvgIpc) is 3.15. The summed E-state index contributed by atoms with van der Waals surface area (Å²) >= 11 is 1.36. The van der Waals surface area contributed by atoms with E-state index < -0.39 is 0 Å². The second-order valence-corrected chi connectivity index (χ2v) is 6.50. The quantitative estimate of drug-likeness (QED) is 0.666. The van der Waals surface area contributed by atoms with Crippen LogP contribution in [-0.2, 0) is 11.2 Å². The van der Waals surface area contributed by atoms with Crippen LogP contribution in [0.3, 0.4) is 0 Å². The van der Waals surface area contributed by atoms with Crippen LogP contribution in [-0.4, -0.2) is 32.2 Å². The first kappa shape index (κ1) is 18.7. The van der Waals surface area contributed by atoms with Crippen LogP contribution in [0.1, 0.15) is 5.56 Å². The van der Waals surface area contributed by atoms with E-state index in [1.165, 1.54) is 11.3 Å². The Morgan fingerprint density at radius 2 is 1.81 bits per heavy atom. The molecule has 0 aliphatic heterocycles. The monoisotopic (exact) mass is 384 g/mol. The van der Waals surface area contributed by atoms with E-state index in [2.05, 4.69) is 10.3 Å². The summed E-state index contributed by atoms with van der Waals surface area (Å²) in [6, 6.07) is 13.0. The summed E-state index contributed by atoms with van der Waals surface area (Å²) in [7, 11) is 4.79. The highest BCUT2D eigenvalue weighted by Gasteiger charge is 2.14. The van der Waals surface area contributed by atoms with Crippen LogP contribution < -0.4 is 19.5 Å². The van der Waals surface area contributed by atoms with Gasteiger partial charge in [-0.3, -0.25) is 4.79 Å². The summed E-state index contributed by atoms with van der Waals surface area (Å²) in [6.07, 6.45) is 0.213. The van der Waals surface area contributed by atoms with E-state index in [9.17, 15) is 4.79 Å². The van der Waals surface area contributed by atoms with E-state index in [0.717, 1.165) is 16.8 Å². The molecule has 1 heterocycles. The first-order chi connectivity index (χ1) is 13.1. The van der Waals surface area contributed by atoms with Crippen molar-refractivity contribution < 1.29 is 19.0 Å². The number of nitrogens with one attached hydrogen (secondary N) is 1. The van der Waals surface area contributed by atoms with Gasteiger partial charge < -0.3 is 19.5 Å². The van der Waals surface area contributed by atoms with Gasteiger partial charge in [0.05, 0.1) is 33.4 Å². The highest BCUT2D eigenvalue weighted by Crippen LogP contribution is 2.34. The number of rotatable bonds is 7. The number of para-hydroxylation sites is 1. The maximum Gasteiger partial charge on any atom is 0.230 e. The van der Waals surface area contributed by atoms with Crippen LogP contribution >= 0.6 is 11.3 Å². The van der Waals surface area contributed by atoms with Crippen molar-refractivity contribution in [1.29, 1.82) is 0 Å². The molecule has 0 unspecified atom stereocenters. The van der Waals surface area contributed by atoms with E-state index in [1.54, 1.807) is 27.4 Å². The van der Waals surface area contributed by atoms with E-state index in [4.69, 9.17) is 14.2 Å². The minimum absolute atomic E-state index is 0.151. The molecule has 1 amide bonds. The van der Waals surface area contributed by atoms with Crippen molar-refractivity contribution in [1.82, 2.24) is 4.98 Å². The lowest BCUT2D eigenvalue weighted by Crippen LogP contribution is -2.14. The zero-order valence-electron chi connectivity index (χ0n) is 15.3. The molecule has 0 aliphatic rings. The van der Waals surface area contributed by atoms with Crippen molar-refractivity contribution in [2.75, 3.05) is 26.6 Å². The second-order valence-electron chi connectivity index (χ2n) is 5.64. The fourth-order valence-corrected chi connectivity index (χ4v) is 3.38. The number of carbonyl (C=O) groups excluding carboxylic acids is 1. The highest BCUT2D eigenvalue weighted by molar-refractivity contribution is 7.14. The zero-order valence-corrected chi connectivity index (χ0v) is 16.1. The third kappa shape index (κ3) is 4.38. The molecule has 3 rings (SSSR count). The fourth-order valence-electron chi connectivity index (χ4n) is 2.65. The largest absolute Gasteiger partial charge is 0.497 e. The standard InChI is InChI=1S/C20H20N2O4S/c1-24-14-8-9-15(18(11-14)26-3)16-12-27-20(21-16)22-19(23)10-13-6-4-5-7-17(13)25-2/h4-9,11-12H,10H2,1-3H3,(H,21,22,23). The number of ether oxygens (including phenoxy) is 3. The molecule has 0 spiro atoms. The summed E-state index contributed by atoms with van der Waals surface area (Å²) in [5.41, 5.74) is 2.39. The molecule has 7 heteroatoms. The molecule has 0 saturated carbocycles. The molecule has 0 saturated heterocycles. The second kappa shape index (κ2) is 8.55. The molecular formula is C20H20N2O4S. The van der Waals surface area contributed by atoms with Gasteiger partial charge in [0.15, 0.2) is 5.13 Å². The summed E-state index contributed by atoms with van der Waals surface area (Å²) in [6.45, 7) is 0. The minimum atomic E-state index is -0.151. The number of nitrogens with zero attached hydrogens (tertiary/aromatic N) is 1. The third-order valence-corrected chi connectivity index (χ3v) is 4.74. The average molecular weight is 384 g/mol. The lowest BCUT2D eigenvalue weighted by molar-refractivity contribution is -0.115. The Bertz CT molecular complexity index is 939. The predicted octanol–water partition coefficient (Wildman–Crippen LogP) is 4.02. The number of hydrogen-bond acceptors (Lipinski definition) is 6. The molecule has 0 bridgehead atoms. The van der Waals surface area contributed by atoms with Gasteiger partial charge in [-0.15, -0.1) is 11.3 Å². The molecule has 2 aromatic carbocycles. The lowest BCUT2D eigenvalue weighted by atomic mass is 10.1. The Morgan fingerprint density at radius 3 is 2.56 bits per heavy atom. The first-order valence-corrected chi connectivity index (χ1v) is 9.12. The Balaban J connectivity index is 1.74. The van der Waals surface area contributed by atoms with Gasteiger partial charge in [-0.1, -0.05) is 18.2 Å². The molecule has 1 N–H and O–H groups in total. The molecular weight excluding hydrogens is 364 g/mol. The topological polar surface area (TPSA) is 69.7 Å². The van der Waals surface area contributed by atoms with Crippen LogP contribution in [0.5, 0.6) is 17.2 Å². The SMILES string of the molecule is COc1ccc(-c2csc(NC(=O)Cc3ccccc3OC)n2)c(OC)c1. The van der Waals surface area contributed by atoms with Crippen LogP contribution in [0.15, 0.2) is 47.8 Å². The first-order valence-electron chi connectivity index (χ1n) is 8.24. The minimum Gasteiger partial charge on any atom is -0.497 e. The number of amides is 1. The Labute approximate surface area is 161 Å². The molecule has 1 aromatic heterocycles. The highest BCUT2D eigenvalue weighted by atomic mass is 32.1. The van der Waals surface area contributed by atoms with Crippen LogP contribution in [0, 0.1) is 0 Å². The number of carbonyl (C=O) groups is 1. The van der Waals surface area contributed by atoms with Gasteiger partial charge in [-0.05, 0) is 18.2 Å². The number of benzene rings is 2. The molecule has 140 valence electrons. The molecule has 6 nitrogen and oxygen atoms in total. The maximum absolute atomic E-state index is 12.4. The van der Waals surface area contributed by atoms with Gasteiger partial charge in [-0.2, -0.15) is 0 Å². The van der Waals surface area contributed by atoms with Crippen molar-refractivity contribution in [2.45, 2.75) is 6.42 Å². The smallest absolute Gasteiger partial charge is 0.230 e. The zero-order chi connectivity index (χ0) is 19.2. The summed E-state index contributed by atoms with van der Waals surface area (Å²) in [4.78, 5) is 16.9. The Kier molecular flexibility index (Phi) is 5.93. The Hall–Kier alpha value is -3.06. The number of aromatic nitrogens is 1. The van der Waals surface area contributed by atoms with E-state index >= 15 is 0 Å². The van der Waals surface area contributed by atoms with Gasteiger partial charge in [0.2, 0.25) is 5.91 Å². The third-order valence-electron chi connectivity index (χ3n) is 3.98. The molecule has 0 aliphatic carbocycles. The molecule has 27 heavy (non-hydrogen) atoms. The number of thiazole rings is 1. The van der Waals surface area contributed by atoms with Crippen LogP contribution in [0.25, 0.3) is 11.3 Å². The van der Waals surface area contributed by atoms with Gasteiger partial charge in [0.1, 0.15) is 17.2 Å². The van der Waals surface area contributed by atoms with Gasteiger partial charge in [0.25, 0.3) is 0 Å². The number of methoxy groups -OCH3 is 3. The van der Waals surface area contributed by atoms with Gasteiger partial charge in [0, 0.05) is 22.6 Å². The van der Waals surface area contributed by atoms with Crippen molar-refractivity contribution in [3.8, 4) is 28.5 Å². The summed E-state index contributed by atoms with van der Waals surface area (Å²) in [5.74, 6) is 1.90. The maximum atomic E-state index is 12.4. The van der Waals surface area contributed by atoms with Crippen LogP contribution in [0.4, 0.5) is 5.13 Å². The van der Waals surface area contributed by atoms with Crippen molar-refractivity contribution in [3.05, 3.63) is 53.4 Å². The van der Waals surface area contributed by atoms with Crippen LogP contribution in [0.2, 0.25) is 0 Å². The number of anilines is 1. The van der Waals surface area contributed by atoms with Crippen molar-refractivity contribution in [2.24, 2.45) is 0 Å². The van der Waals surface area contributed by atoms with E-state index in [1.807, 2.05) is 41.8 Å². The summed E-state index contributed by atoms with van der Waals surface area (Å²) < 4.78 is 15.9. The molecule has 3 aromatic rings. The fraction of sp³-hybridized carbons (Fsp3) is 0.200. The van der Waals surface area contributed by atoms with Gasteiger partial charge >= 0.3 is 0 Å². The molecule has 0 fully saturated rings. The molecule has 0 radical (unpaired) electrons. The van der Waals surface area contributed by atoms with Gasteiger partial charge in [-0.25, -0.2) is 4.98 Å². The molecule has 0 atom stereocenters. The Morgan fingerprint density at radius 1 is 1.04 bits per heavy atom. The van der Waals surface area contributed by atoms with E-state index in [-0.39, 0.29) is 12.3 Å². The number of hydrogen-bond donors (Lipinski definition) is 1. The van der Waals surface area contributed by atoms with Crippen molar-refractivity contribution >= 4 is 22.4 Å².